The number of amides is 2. The summed E-state index contributed by atoms with van der Waals surface area (Å²) in [6, 6.07) is 3.20. The molecule has 118 valence electrons. The highest BCUT2D eigenvalue weighted by Crippen LogP contribution is 2.20. The van der Waals surface area contributed by atoms with Crippen LogP contribution >= 0.6 is 11.3 Å². The van der Waals surface area contributed by atoms with Crippen LogP contribution in [0.2, 0.25) is 0 Å². The number of rotatable bonds is 4. The van der Waals surface area contributed by atoms with Gasteiger partial charge in [0.05, 0.1) is 0 Å². The molecule has 8 heteroatoms. The van der Waals surface area contributed by atoms with Crippen molar-refractivity contribution in [2.75, 3.05) is 19.6 Å². The van der Waals surface area contributed by atoms with E-state index in [0.717, 1.165) is 35.7 Å². The Bertz CT molecular complexity index is 598. The van der Waals surface area contributed by atoms with Gasteiger partial charge in [-0.05, 0) is 37.3 Å². The lowest BCUT2D eigenvalue weighted by Crippen LogP contribution is -2.45. The van der Waals surface area contributed by atoms with Gasteiger partial charge in [-0.1, -0.05) is 6.92 Å². The highest BCUT2D eigenvalue weighted by atomic mass is 32.2. The Morgan fingerprint density at radius 2 is 2.29 bits per heavy atom. The van der Waals surface area contributed by atoms with Gasteiger partial charge in [0.1, 0.15) is 4.21 Å². The van der Waals surface area contributed by atoms with Crippen LogP contribution in [0.5, 0.6) is 0 Å². The number of hydrogen-bond acceptors (Lipinski definition) is 4. The maximum absolute atomic E-state index is 12.0. The number of nitrogens with two attached hydrogens (primary N) is 1. The minimum atomic E-state index is -3.62. The van der Waals surface area contributed by atoms with Crippen molar-refractivity contribution in [3.8, 4) is 0 Å². The third-order valence-electron chi connectivity index (χ3n) is 3.51. The second-order valence-electron chi connectivity index (χ2n) is 5.44. The molecular weight excluding hydrogens is 310 g/mol. The molecule has 1 aliphatic rings. The van der Waals surface area contributed by atoms with Crippen molar-refractivity contribution in [2.24, 2.45) is 11.1 Å². The standard InChI is InChI=1S/C13H21N3O3S2/c1-10-3-2-8-16(9-10)13(17)15-7-6-11-4-5-12(20-11)21(14,18)19/h4-5,10H,2-3,6-9H2,1H3,(H,15,17)(H2,14,18,19). The van der Waals surface area contributed by atoms with Gasteiger partial charge in [0.2, 0.25) is 10.0 Å². The number of primary sulfonamides is 1. The van der Waals surface area contributed by atoms with Gasteiger partial charge >= 0.3 is 6.03 Å². The average molecular weight is 331 g/mol. The second-order valence-corrected chi connectivity index (χ2v) is 8.40. The fourth-order valence-corrected chi connectivity index (χ4v) is 4.20. The maximum Gasteiger partial charge on any atom is 0.317 e. The summed E-state index contributed by atoms with van der Waals surface area (Å²) in [5, 5.41) is 7.95. The van der Waals surface area contributed by atoms with E-state index in [2.05, 4.69) is 12.2 Å². The zero-order valence-electron chi connectivity index (χ0n) is 12.0. The molecule has 0 radical (unpaired) electrons. The number of carbonyl (C=O) groups is 1. The van der Waals surface area contributed by atoms with Crippen LogP contribution in [-0.2, 0) is 16.4 Å². The first kappa shape index (κ1) is 16.3. The number of hydrogen-bond donors (Lipinski definition) is 2. The topological polar surface area (TPSA) is 92.5 Å². The van der Waals surface area contributed by atoms with Gasteiger partial charge in [0, 0.05) is 24.5 Å². The molecule has 1 unspecified atom stereocenters. The van der Waals surface area contributed by atoms with Crippen LogP contribution in [0.15, 0.2) is 16.3 Å². The van der Waals surface area contributed by atoms with Gasteiger partial charge in [0.15, 0.2) is 0 Å². The van der Waals surface area contributed by atoms with Crippen molar-refractivity contribution in [1.82, 2.24) is 10.2 Å². The summed E-state index contributed by atoms with van der Waals surface area (Å²) in [5.41, 5.74) is 0. The zero-order valence-corrected chi connectivity index (χ0v) is 13.7. The highest BCUT2D eigenvalue weighted by Gasteiger charge is 2.20. The quantitative estimate of drug-likeness (QED) is 0.873. The molecule has 0 aliphatic carbocycles. The number of sulfonamides is 1. The lowest BCUT2D eigenvalue weighted by atomic mass is 10.0. The summed E-state index contributed by atoms with van der Waals surface area (Å²) in [4.78, 5) is 14.7. The van der Waals surface area contributed by atoms with Crippen molar-refractivity contribution < 1.29 is 13.2 Å². The first-order chi connectivity index (χ1) is 9.86. The number of piperidine rings is 1. The molecule has 0 aromatic carbocycles. The van der Waals surface area contributed by atoms with Crippen LogP contribution < -0.4 is 10.5 Å². The number of nitrogens with one attached hydrogen (secondary N) is 1. The summed E-state index contributed by atoms with van der Waals surface area (Å²) >= 11 is 1.15. The lowest BCUT2D eigenvalue weighted by molar-refractivity contribution is 0.170. The van der Waals surface area contributed by atoms with Crippen LogP contribution in [0.25, 0.3) is 0 Å². The Hall–Kier alpha value is -1.12. The fourth-order valence-electron chi connectivity index (χ4n) is 2.42. The summed E-state index contributed by atoms with van der Waals surface area (Å²) in [6.45, 7) is 4.26. The normalized spacial score (nSPS) is 19.5. The number of urea groups is 1. The summed E-state index contributed by atoms with van der Waals surface area (Å²) in [7, 11) is -3.62. The molecule has 21 heavy (non-hydrogen) atoms. The summed E-state index contributed by atoms with van der Waals surface area (Å²) < 4.78 is 22.5. The fraction of sp³-hybridized carbons (Fsp3) is 0.615. The molecule has 1 fully saturated rings. The molecule has 0 saturated carbocycles. The van der Waals surface area contributed by atoms with E-state index in [-0.39, 0.29) is 10.2 Å². The van der Waals surface area contributed by atoms with E-state index in [0.29, 0.717) is 18.9 Å². The first-order valence-electron chi connectivity index (χ1n) is 7.00. The molecule has 1 saturated heterocycles. The molecule has 3 N–H and O–H groups in total. The largest absolute Gasteiger partial charge is 0.338 e. The molecule has 0 bridgehead atoms. The molecular formula is C13H21N3O3S2. The Balaban J connectivity index is 1.79. The van der Waals surface area contributed by atoms with Gasteiger partial charge in [-0.15, -0.1) is 11.3 Å². The molecule has 2 amide bonds. The molecule has 1 aromatic heterocycles. The van der Waals surface area contributed by atoms with E-state index < -0.39 is 10.0 Å². The predicted molar refractivity (Wildman–Crippen MR) is 82.8 cm³/mol. The Kier molecular flexibility index (Phi) is 5.23. The van der Waals surface area contributed by atoms with Crippen LogP contribution in [-0.4, -0.2) is 39.0 Å². The van der Waals surface area contributed by atoms with Gasteiger partial charge in [-0.25, -0.2) is 18.4 Å². The summed E-state index contributed by atoms with van der Waals surface area (Å²) in [5.74, 6) is 0.555. The van der Waals surface area contributed by atoms with Crippen LogP contribution in [0, 0.1) is 5.92 Å². The van der Waals surface area contributed by atoms with Crippen molar-refractivity contribution in [3.05, 3.63) is 17.0 Å². The lowest BCUT2D eigenvalue weighted by Gasteiger charge is -2.30. The molecule has 1 aliphatic heterocycles. The molecule has 1 aromatic rings. The monoisotopic (exact) mass is 331 g/mol. The van der Waals surface area contributed by atoms with Crippen LogP contribution in [0.3, 0.4) is 0 Å². The third-order valence-corrected chi connectivity index (χ3v) is 6.09. The van der Waals surface area contributed by atoms with Crippen molar-refractivity contribution in [2.45, 2.75) is 30.4 Å². The second kappa shape index (κ2) is 6.76. The Morgan fingerprint density at radius 3 is 2.90 bits per heavy atom. The smallest absolute Gasteiger partial charge is 0.317 e. The third kappa shape index (κ3) is 4.69. The first-order valence-corrected chi connectivity index (χ1v) is 9.37. The van der Waals surface area contributed by atoms with E-state index in [1.165, 1.54) is 12.5 Å². The van der Waals surface area contributed by atoms with Crippen molar-refractivity contribution >= 4 is 27.4 Å². The van der Waals surface area contributed by atoms with E-state index in [9.17, 15) is 13.2 Å². The highest BCUT2D eigenvalue weighted by molar-refractivity contribution is 7.91. The molecule has 6 nitrogen and oxygen atoms in total. The molecule has 2 heterocycles. The van der Waals surface area contributed by atoms with Crippen molar-refractivity contribution in [1.29, 1.82) is 0 Å². The van der Waals surface area contributed by atoms with Gasteiger partial charge in [-0.3, -0.25) is 0 Å². The Labute approximate surface area is 129 Å². The van der Waals surface area contributed by atoms with E-state index in [1.807, 2.05) is 4.90 Å². The zero-order chi connectivity index (χ0) is 15.5. The van der Waals surface area contributed by atoms with Crippen LogP contribution in [0.1, 0.15) is 24.6 Å². The number of nitrogens with zero attached hydrogens (tertiary/aromatic N) is 1. The van der Waals surface area contributed by atoms with Gasteiger partial charge in [-0.2, -0.15) is 0 Å². The molecule has 0 spiro atoms. The van der Waals surface area contributed by atoms with E-state index in [1.54, 1.807) is 6.07 Å². The average Bonchev–Trinajstić information content (AvgIpc) is 2.87. The predicted octanol–water partition coefficient (Wildman–Crippen LogP) is 1.38. The number of thiophene rings is 1. The van der Waals surface area contributed by atoms with Crippen LogP contribution in [0.4, 0.5) is 4.79 Å². The van der Waals surface area contributed by atoms with E-state index >= 15 is 0 Å². The van der Waals surface area contributed by atoms with Gasteiger partial charge in [0.25, 0.3) is 0 Å². The number of carbonyl (C=O) groups excluding carboxylic acids is 1. The molecule has 1 atom stereocenters. The number of likely N-dealkylation sites (tertiary alicyclic amines) is 1. The molecule has 2 rings (SSSR count). The van der Waals surface area contributed by atoms with Gasteiger partial charge < -0.3 is 10.2 Å². The minimum Gasteiger partial charge on any atom is -0.338 e. The van der Waals surface area contributed by atoms with Crippen molar-refractivity contribution in [3.63, 3.8) is 0 Å². The SMILES string of the molecule is CC1CCCN(C(=O)NCCc2ccc(S(N)(=O)=O)s2)C1. The summed E-state index contributed by atoms with van der Waals surface area (Å²) in [6.07, 6.45) is 2.84. The minimum absolute atomic E-state index is 0.0372. The Morgan fingerprint density at radius 1 is 1.52 bits per heavy atom. The van der Waals surface area contributed by atoms with E-state index in [4.69, 9.17) is 5.14 Å². The maximum atomic E-state index is 12.0.